The minimum atomic E-state index is 0.131. The number of halogens is 3. The molecule has 0 amide bonds. The Bertz CT molecular complexity index is 551. The van der Waals surface area contributed by atoms with Crippen LogP contribution in [0.3, 0.4) is 0 Å². The third-order valence-corrected chi connectivity index (χ3v) is 5.68. The van der Waals surface area contributed by atoms with Gasteiger partial charge >= 0.3 is 0 Å². The summed E-state index contributed by atoms with van der Waals surface area (Å²) >= 11 is 18.0. The molecule has 1 aromatic carbocycles. The highest BCUT2D eigenvalue weighted by atomic mass is 79.9. The van der Waals surface area contributed by atoms with Gasteiger partial charge in [-0.2, -0.15) is 0 Å². The molecule has 0 saturated carbocycles. The molecule has 1 nitrogen and oxygen atoms in total. The molecule has 0 aliphatic rings. The van der Waals surface area contributed by atoms with Crippen LogP contribution in [0.2, 0.25) is 10.0 Å². The van der Waals surface area contributed by atoms with E-state index in [0.29, 0.717) is 0 Å². The van der Waals surface area contributed by atoms with E-state index in [0.717, 1.165) is 39.5 Å². The quantitative estimate of drug-likeness (QED) is 0.625. The second kappa shape index (κ2) is 7.81. The van der Waals surface area contributed by atoms with Crippen molar-refractivity contribution in [3.05, 3.63) is 54.6 Å². The Labute approximate surface area is 142 Å². The number of benzene rings is 1. The van der Waals surface area contributed by atoms with E-state index < -0.39 is 0 Å². The van der Waals surface area contributed by atoms with Crippen LogP contribution in [-0.2, 0) is 6.42 Å². The van der Waals surface area contributed by atoms with E-state index >= 15 is 0 Å². The molecule has 1 aromatic heterocycles. The smallest absolute Gasteiger partial charge is 0.0468 e. The molecule has 1 N–H and O–H groups in total. The fourth-order valence-corrected chi connectivity index (χ4v) is 4.32. The maximum Gasteiger partial charge on any atom is 0.0468 e. The van der Waals surface area contributed by atoms with Gasteiger partial charge in [-0.05, 0) is 52.5 Å². The van der Waals surface area contributed by atoms with Crippen molar-refractivity contribution in [2.45, 2.75) is 25.8 Å². The molecule has 2 aromatic rings. The summed E-state index contributed by atoms with van der Waals surface area (Å²) in [4.78, 5) is 1.30. The Morgan fingerprint density at radius 3 is 2.50 bits per heavy atom. The first-order valence-corrected chi connectivity index (χ1v) is 8.95. The Kier molecular flexibility index (Phi) is 6.37. The summed E-state index contributed by atoms with van der Waals surface area (Å²) in [7, 11) is 0. The molecule has 0 spiro atoms. The number of hydrogen-bond acceptors (Lipinski definition) is 2. The molecule has 5 heteroatoms. The zero-order chi connectivity index (χ0) is 14.5. The van der Waals surface area contributed by atoms with Crippen molar-refractivity contribution >= 4 is 50.5 Å². The predicted octanol–water partition coefficient (Wildman–Crippen LogP) is 6.10. The van der Waals surface area contributed by atoms with Crippen LogP contribution in [0.15, 0.2) is 34.1 Å². The largest absolute Gasteiger partial charge is 0.310 e. The molecule has 108 valence electrons. The molecule has 1 atom stereocenters. The second-order valence-corrected chi connectivity index (χ2v) is 7.21. The first-order valence-electron chi connectivity index (χ1n) is 6.52. The summed E-state index contributed by atoms with van der Waals surface area (Å²) in [6.45, 7) is 3.09. The predicted molar refractivity (Wildman–Crippen MR) is 93.2 cm³/mol. The van der Waals surface area contributed by atoms with Gasteiger partial charge in [0.2, 0.25) is 0 Å². The Balaban J connectivity index is 2.30. The van der Waals surface area contributed by atoms with Crippen LogP contribution in [-0.4, -0.2) is 6.54 Å². The Hall–Kier alpha value is -0.0600. The van der Waals surface area contributed by atoms with Crippen molar-refractivity contribution in [1.29, 1.82) is 0 Å². The van der Waals surface area contributed by atoms with E-state index in [-0.39, 0.29) is 6.04 Å². The van der Waals surface area contributed by atoms with Gasteiger partial charge in [0.25, 0.3) is 0 Å². The molecule has 0 aliphatic carbocycles. The highest BCUT2D eigenvalue weighted by Gasteiger charge is 2.19. The molecule has 0 saturated heterocycles. The first-order chi connectivity index (χ1) is 9.63. The van der Waals surface area contributed by atoms with Gasteiger partial charge in [0.1, 0.15) is 0 Å². The SMILES string of the molecule is CCCNC(Cc1sccc1Br)c1c(Cl)cccc1Cl. The molecular weight excluding hydrogens is 377 g/mol. The number of rotatable bonds is 6. The standard InChI is InChI=1S/C15H16BrCl2NS/c1-2-7-19-13(9-14-10(16)6-8-20-14)15-11(17)4-3-5-12(15)18/h3-6,8,13,19H,2,7,9H2,1H3. The van der Waals surface area contributed by atoms with Crippen molar-refractivity contribution in [1.82, 2.24) is 5.32 Å². The van der Waals surface area contributed by atoms with Crippen molar-refractivity contribution in [2.75, 3.05) is 6.54 Å². The Morgan fingerprint density at radius 1 is 1.25 bits per heavy atom. The lowest BCUT2D eigenvalue weighted by molar-refractivity contribution is 0.532. The van der Waals surface area contributed by atoms with Gasteiger partial charge in [0.05, 0.1) is 0 Å². The zero-order valence-electron chi connectivity index (χ0n) is 11.1. The highest BCUT2D eigenvalue weighted by Crippen LogP contribution is 2.35. The monoisotopic (exact) mass is 391 g/mol. The molecule has 1 unspecified atom stereocenters. The van der Waals surface area contributed by atoms with Gasteiger partial charge in [0.15, 0.2) is 0 Å². The van der Waals surface area contributed by atoms with Gasteiger partial charge in [-0.3, -0.25) is 0 Å². The molecule has 20 heavy (non-hydrogen) atoms. The van der Waals surface area contributed by atoms with Crippen molar-refractivity contribution in [3.63, 3.8) is 0 Å². The lowest BCUT2D eigenvalue weighted by Gasteiger charge is -2.21. The molecule has 2 rings (SSSR count). The molecule has 0 radical (unpaired) electrons. The van der Waals surface area contributed by atoms with Crippen LogP contribution >= 0.6 is 50.5 Å². The van der Waals surface area contributed by atoms with Crippen LogP contribution in [0, 0.1) is 0 Å². The van der Waals surface area contributed by atoms with Gasteiger partial charge in [-0.25, -0.2) is 0 Å². The molecule has 1 heterocycles. The summed E-state index contributed by atoms with van der Waals surface area (Å²) in [6.07, 6.45) is 1.95. The van der Waals surface area contributed by atoms with E-state index in [2.05, 4.69) is 39.6 Å². The van der Waals surface area contributed by atoms with Gasteiger partial charge in [-0.15, -0.1) is 11.3 Å². The summed E-state index contributed by atoms with van der Waals surface area (Å²) in [5.74, 6) is 0. The van der Waals surface area contributed by atoms with Gasteiger partial charge < -0.3 is 5.32 Å². The fourth-order valence-electron chi connectivity index (χ4n) is 2.09. The minimum Gasteiger partial charge on any atom is -0.310 e. The van der Waals surface area contributed by atoms with Crippen LogP contribution < -0.4 is 5.32 Å². The van der Waals surface area contributed by atoms with E-state index in [1.165, 1.54) is 4.88 Å². The normalized spacial score (nSPS) is 12.6. The fraction of sp³-hybridized carbons (Fsp3) is 0.333. The summed E-state index contributed by atoms with van der Waals surface area (Å²) in [6, 6.07) is 7.88. The summed E-state index contributed by atoms with van der Waals surface area (Å²) in [5, 5.41) is 7.08. The molecule has 0 aliphatic heterocycles. The zero-order valence-corrected chi connectivity index (χ0v) is 15.0. The second-order valence-electron chi connectivity index (χ2n) is 4.54. The number of thiophene rings is 1. The van der Waals surface area contributed by atoms with Crippen molar-refractivity contribution < 1.29 is 0 Å². The minimum absolute atomic E-state index is 0.131. The van der Waals surface area contributed by atoms with E-state index in [4.69, 9.17) is 23.2 Å². The molecule has 0 fully saturated rings. The van der Waals surface area contributed by atoms with Crippen LogP contribution in [0.5, 0.6) is 0 Å². The van der Waals surface area contributed by atoms with Crippen LogP contribution in [0.4, 0.5) is 0 Å². The molecular formula is C15H16BrCl2NS. The third-order valence-electron chi connectivity index (χ3n) is 3.07. The number of nitrogens with one attached hydrogen (secondary N) is 1. The van der Waals surface area contributed by atoms with Gasteiger partial charge in [0, 0.05) is 37.4 Å². The topological polar surface area (TPSA) is 12.0 Å². The summed E-state index contributed by atoms with van der Waals surface area (Å²) < 4.78 is 1.15. The van der Waals surface area contributed by atoms with Crippen LogP contribution in [0.25, 0.3) is 0 Å². The van der Waals surface area contributed by atoms with E-state index in [9.17, 15) is 0 Å². The van der Waals surface area contributed by atoms with Crippen molar-refractivity contribution in [2.24, 2.45) is 0 Å². The molecule has 0 bridgehead atoms. The first kappa shape index (κ1) is 16.3. The highest BCUT2D eigenvalue weighted by molar-refractivity contribution is 9.10. The number of hydrogen-bond donors (Lipinski definition) is 1. The van der Waals surface area contributed by atoms with Crippen molar-refractivity contribution in [3.8, 4) is 0 Å². The Morgan fingerprint density at radius 2 is 1.95 bits per heavy atom. The maximum atomic E-state index is 6.35. The summed E-state index contributed by atoms with van der Waals surface area (Å²) in [5.41, 5.74) is 0.990. The average Bonchev–Trinajstić information content (AvgIpc) is 2.81. The lowest BCUT2D eigenvalue weighted by atomic mass is 10.0. The van der Waals surface area contributed by atoms with Gasteiger partial charge in [-0.1, -0.05) is 36.2 Å². The maximum absolute atomic E-state index is 6.35. The third kappa shape index (κ3) is 3.99. The van der Waals surface area contributed by atoms with E-state index in [1.54, 1.807) is 11.3 Å². The lowest BCUT2D eigenvalue weighted by Crippen LogP contribution is -2.24. The average molecular weight is 393 g/mol. The van der Waals surface area contributed by atoms with Crippen LogP contribution in [0.1, 0.15) is 29.8 Å². The van der Waals surface area contributed by atoms with E-state index in [1.807, 2.05) is 18.2 Å².